The highest BCUT2D eigenvalue weighted by Gasteiger charge is 2.19. The average molecular weight is 268 g/mol. The van der Waals surface area contributed by atoms with E-state index in [1.54, 1.807) is 5.56 Å². The number of hydrogen-bond donors (Lipinski definition) is 0. The fourth-order valence-electron chi connectivity index (χ4n) is 2.40. The van der Waals surface area contributed by atoms with E-state index in [0.717, 1.165) is 0 Å². The lowest BCUT2D eigenvalue weighted by molar-refractivity contribution is 0.322. The SMILES string of the molecule is CCC1CN(C)CCc2ccc(Br)cc21. The molecule has 0 spiro atoms. The number of fused-ring (bicyclic) bond motifs is 1. The van der Waals surface area contributed by atoms with Gasteiger partial charge in [0.1, 0.15) is 0 Å². The Morgan fingerprint density at radius 3 is 3.00 bits per heavy atom. The molecule has 0 bridgehead atoms. The van der Waals surface area contributed by atoms with E-state index in [0.29, 0.717) is 5.92 Å². The van der Waals surface area contributed by atoms with Crippen LogP contribution in [-0.4, -0.2) is 25.0 Å². The summed E-state index contributed by atoms with van der Waals surface area (Å²) in [5.41, 5.74) is 3.09. The normalized spacial score (nSPS) is 22.2. The largest absolute Gasteiger partial charge is 0.305 e. The van der Waals surface area contributed by atoms with E-state index in [1.807, 2.05) is 0 Å². The molecule has 2 heteroatoms. The Balaban J connectivity index is 2.39. The third-order valence-corrected chi connectivity index (χ3v) is 3.83. The van der Waals surface area contributed by atoms with E-state index < -0.39 is 0 Å². The van der Waals surface area contributed by atoms with Crippen LogP contribution in [0.5, 0.6) is 0 Å². The molecule has 1 heterocycles. The molecule has 1 nitrogen and oxygen atoms in total. The summed E-state index contributed by atoms with van der Waals surface area (Å²) in [6.45, 7) is 4.67. The van der Waals surface area contributed by atoms with Crippen LogP contribution in [0.15, 0.2) is 22.7 Å². The van der Waals surface area contributed by atoms with Gasteiger partial charge in [-0.25, -0.2) is 0 Å². The number of rotatable bonds is 1. The van der Waals surface area contributed by atoms with Crippen LogP contribution in [0.3, 0.4) is 0 Å². The van der Waals surface area contributed by atoms with Gasteiger partial charge in [0.25, 0.3) is 0 Å². The van der Waals surface area contributed by atoms with Crippen molar-refractivity contribution in [2.45, 2.75) is 25.7 Å². The monoisotopic (exact) mass is 267 g/mol. The lowest BCUT2D eigenvalue weighted by atomic mass is 9.92. The number of likely N-dealkylation sites (N-methyl/N-ethyl adjacent to an activating group) is 1. The van der Waals surface area contributed by atoms with E-state index in [-0.39, 0.29) is 0 Å². The lowest BCUT2D eigenvalue weighted by Gasteiger charge is -2.19. The minimum absolute atomic E-state index is 0.699. The zero-order chi connectivity index (χ0) is 10.8. The molecule has 0 aliphatic carbocycles. The molecule has 1 aromatic rings. The van der Waals surface area contributed by atoms with E-state index in [1.165, 1.54) is 36.0 Å². The maximum atomic E-state index is 3.57. The summed E-state index contributed by atoms with van der Waals surface area (Å²) >= 11 is 3.57. The Kier molecular flexibility index (Phi) is 3.47. The van der Waals surface area contributed by atoms with Crippen LogP contribution in [0.1, 0.15) is 30.4 Å². The van der Waals surface area contributed by atoms with Crippen LogP contribution < -0.4 is 0 Å². The summed E-state index contributed by atoms with van der Waals surface area (Å²) in [5, 5.41) is 0. The van der Waals surface area contributed by atoms with Gasteiger partial charge in [-0.2, -0.15) is 0 Å². The van der Waals surface area contributed by atoms with Gasteiger partial charge in [-0.05, 0) is 49.1 Å². The first-order valence-corrected chi connectivity index (χ1v) is 6.47. The Hall–Kier alpha value is -0.340. The molecule has 1 aliphatic rings. The van der Waals surface area contributed by atoms with Crippen LogP contribution in [0.25, 0.3) is 0 Å². The van der Waals surface area contributed by atoms with Crippen LogP contribution in [0.4, 0.5) is 0 Å². The van der Waals surface area contributed by atoms with Crippen molar-refractivity contribution in [1.29, 1.82) is 0 Å². The molecule has 0 radical (unpaired) electrons. The molecular formula is C13H18BrN. The second-order valence-electron chi connectivity index (χ2n) is 4.46. The van der Waals surface area contributed by atoms with Gasteiger partial charge >= 0.3 is 0 Å². The quantitative estimate of drug-likeness (QED) is 0.754. The maximum Gasteiger partial charge on any atom is 0.0178 e. The predicted molar refractivity (Wildman–Crippen MR) is 68.4 cm³/mol. The topological polar surface area (TPSA) is 3.24 Å². The smallest absolute Gasteiger partial charge is 0.0178 e. The molecule has 1 aliphatic heterocycles. The summed E-state index contributed by atoms with van der Waals surface area (Å²) in [6, 6.07) is 6.75. The first-order valence-electron chi connectivity index (χ1n) is 5.67. The first kappa shape index (κ1) is 11.2. The van der Waals surface area contributed by atoms with Gasteiger partial charge in [-0.15, -0.1) is 0 Å². The van der Waals surface area contributed by atoms with Crippen LogP contribution in [-0.2, 0) is 6.42 Å². The predicted octanol–water partition coefficient (Wildman–Crippen LogP) is 3.43. The molecule has 1 unspecified atom stereocenters. The highest BCUT2D eigenvalue weighted by Crippen LogP contribution is 2.29. The van der Waals surface area contributed by atoms with Gasteiger partial charge in [-0.1, -0.05) is 28.9 Å². The average Bonchev–Trinajstić information content (AvgIpc) is 2.38. The molecular weight excluding hydrogens is 250 g/mol. The van der Waals surface area contributed by atoms with Crippen molar-refractivity contribution in [1.82, 2.24) is 4.90 Å². The Labute approximate surface area is 101 Å². The molecule has 1 atom stereocenters. The third kappa shape index (κ3) is 2.43. The molecule has 1 aromatic carbocycles. The van der Waals surface area contributed by atoms with E-state index in [9.17, 15) is 0 Å². The summed E-state index contributed by atoms with van der Waals surface area (Å²) in [4.78, 5) is 2.45. The van der Waals surface area contributed by atoms with Gasteiger partial charge in [0.15, 0.2) is 0 Å². The Morgan fingerprint density at radius 2 is 2.27 bits per heavy atom. The van der Waals surface area contributed by atoms with Crippen LogP contribution >= 0.6 is 15.9 Å². The van der Waals surface area contributed by atoms with Crippen LogP contribution in [0.2, 0.25) is 0 Å². The number of benzene rings is 1. The van der Waals surface area contributed by atoms with Crippen molar-refractivity contribution in [2.24, 2.45) is 0 Å². The second-order valence-corrected chi connectivity index (χ2v) is 5.38. The van der Waals surface area contributed by atoms with Gasteiger partial charge in [0, 0.05) is 17.6 Å². The van der Waals surface area contributed by atoms with Gasteiger partial charge in [0.05, 0.1) is 0 Å². The lowest BCUT2D eigenvalue weighted by Crippen LogP contribution is -2.23. The first-order chi connectivity index (χ1) is 7.20. The second kappa shape index (κ2) is 4.67. The van der Waals surface area contributed by atoms with Crippen molar-refractivity contribution in [3.8, 4) is 0 Å². The molecule has 0 saturated carbocycles. The van der Waals surface area contributed by atoms with E-state index in [2.05, 4.69) is 53.0 Å². The minimum atomic E-state index is 0.699. The molecule has 2 rings (SSSR count). The van der Waals surface area contributed by atoms with Crippen LogP contribution in [0, 0.1) is 0 Å². The molecule has 0 saturated heterocycles. The standard InChI is InChI=1S/C13H18BrN/c1-3-10-9-15(2)7-6-11-4-5-12(14)8-13(10)11/h4-5,8,10H,3,6-7,9H2,1-2H3. The summed E-state index contributed by atoms with van der Waals surface area (Å²) in [7, 11) is 2.23. The van der Waals surface area contributed by atoms with E-state index >= 15 is 0 Å². The fourth-order valence-corrected chi connectivity index (χ4v) is 2.78. The molecule has 0 fully saturated rings. The summed E-state index contributed by atoms with van der Waals surface area (Å²) < 4.78 is 1.21. The van der Waals surface area contributed by atoms with Crippen molar-refractivity contribution in [2.75, 3.05) is 20.1 Å². The summed E-state index contributed by atoms with van der Waals surface area (Å²) in [5.74, 6) is 0.699. The van der Waals surface area contributed by atoms with Crippen molar-refractivity contribution in [3.05, 3.63) is 33.8 Å². The Morgan fingerprint density at radius 1 is 1.47 bits per heavy atom. The third-order valence-electron chi connectivity index (χ3n) is 3.34. The number of nitrogens with zero attached hydrogens (tertiary/aromatic N) is 1. The highest BCUT2D eigenvalue weighted by atomic mass is 79.9. The fraction of sp³-hybridized carbons (Fsp3) is 0.538. The minimum Gasteiger partial charge on any atom is -0.305 e. The van der Waals surface area contributed by atoms with Gasteiger partial charge in [0.2, 0.25) is 0 Å². The molecule has 0 N–H and O–H groups in total. The Bertz CT molecular complexity index is 348. The van der Waals surface area contributed by atoms with Crippen molar-refractivity contribution >= 4 is 15.9 Å². The van der Waals surface area contributed by atoms with Crippen molar-refractivity contribution < 1.29 is 0 Å². The number of halogens is 1. The number of hydrogen-bond acceptors (Lipinski definition) is 1. The zero-order valence-corrected chi connectivity index (χ0v) is 11.0. The van der Waals surface area contributed by atoms with Gasteiger partial charge < -0.3 is 4.90 Å². The van der Waals surface area contributed by atoms with Crippen molar-refractivity contribution in [3.63, 3.8) is 0 Å². The molecule has 82 valence electrons. The zero-order valence-electron chi connectivity index (χ0n) is 9.46. The highest BCUT2D eigenvalue weighted by molar-refractivity contribution is 9.10. The molecule has 0 aromatic heterocycles. The van der Waals surface area contributed by atoms with Gasteiger partial charge in [-0.3, -0.25) is 0 Å². The molecule has 15 heavy (non-hydrogen) atoms. The molecule has 0 amide bonds. The summed E-state index contributed by atoms with van der Waals surface area (Å²) in [6.07, 6.45) is 2.42. The maximum absolute atomic E-state index is 3.57. The van der Waals surface area contributed by atoms with E-state index in [4.69, 9.17) is 0 Å².